The summed E-state index contributed by atoms with van der Waals surface area (Å²) in [5.41, 5.74) is 0.921. The van der Waals surface area contributed by atoms with E-state index in [4.69, 9.17) is 9.47 Å². The largest absolute Gasteiger partial charge is 0.495 e. The SMILES string of the molecule is COc1ccccc1NC(CO)C1CCCOC1. The Morgan fingerprint density at radius 1 is 1.50 bits per heavy atom. The maximum atomic E-state index is 9.54. The van der Waals surface area contributed by atoms with Gasteiger partial charge in [0, 0.05) is 12.5 Å². The number of rotatable bonds is 5. The average molecular weight is 251 g/mol. The Balaban J connectivity index is 2.04. The van der Waals surface area contributed by atoms with Crippen LogP contribution in [0.1, 0.15) is 12.8 Å². The fourth-order valence-corrected chi connectivity index (χ4v) is 2.36. The molecule has 18 heavy (non-hydrogen) atoms. The Morgan fingerprint density at radius 2 is 2.33 bits per heavy atom. The van der Waals surface area contributed by atoms with Gasteiger partial charge in [-0.2, -0.15) is 0 Å². The number of methoxy groups -OCH3 is 1. The molecule has 4 nitrogen and oxygen atoms in total. The number of aliphatic hydroxyl groups is 1. The molecule has 1 heterocycles. The third-order valence-corrected chi connectivity index (χ3v) is 3.41. The molecule has 0 spiro atoms. The molecule has 1 aliphatic rings. The van der Waals surface area contributed by atoms with Gasteiger partial charge in [-0.25, -0.2) is 0 Å². The predicted octanol–water partition coefficient (Wildman–Crippen LogP) is 1.89. The first-order chi connectivity index (χ1) is 8.85. The molecule has 0 amide bonds. The summed E-state index contributed by atoms with van der Waals surface area (Å²) in [6.07, 6.45) is 2.15. The normalized spacial score (nSPS) is 21.3. The van der Waals surface area contributed by atoms with Crippen LogP contribution in [0.5, 0.6) is 5.75 Å². The van der Waals surface area contributed by atoms with E-state index in [0.29, 0.717) is 12.5 Å². The van der Waals surface area contributed by atoms with Crippen LogP contribution in [-0.4, -0.2) is 38.1 Å². The first kappa shape index (κ1) is 13.2. The Labute approximate surface area is 108 Å². The zero-order valence-corrected chi connectivity index (χ0v) is 10.8. The van der Waals surface area contributed by atoms with Gasteiger partial charge in [0.15, 0.2) is 0 Å². The van der Waals surface area contributed by atoms with E-state index in [1.807, 2.05) is 24.3 Å². The molecular formula is C14H21NO3. The lowest BCUT2D eigenvalue weighted by atomic mass is 9.94. The third-order valence-electron chi connectivity index (χ3n) is 3.41. The van der Waals surface area contributed by atoms with Crippen molar-refractivity contribution in [2.45, 2.75) is 18.9 Å². The Bertz CT molecular complexity index is 364. The maximum absolute atomic E-state index is 9.54. The van der Waals surface area contributed by atoms with Crippen LogP contribution < -0.4 is 10.1 Å². The summed E-state index contributed by atoms with van der Waals surface area (Å²) in [7, 11) is 1.65. The highest BCUT2D eigenvalue weighted by atomic mass is 16.5. The molecule has 2 rings (SSSR count). The van der Waals surface area contributed by atoms with Crippen molar-refractivity contribution in [3.05, 3.63) is 24.3 Å². The molecule has 1 fully saturated rings. The Kier molecular flexibility index (Phi) is 4.84. The van der Waals surface area contributed by atoms with Gasteiger partial charge in [0.1, 0.15) is 5.75 Å². The number of ether oxygens (including phenoxy) is 2. The van der Waals surface area contributed by atoms with E-state index >= 15 is 0 Å². The van der Waals surface area contributed by atoms with E-state index in [9.17, 15) is 5.11 Å². The van der Waals surface area contributed by atoms with Gasteiger partial charge in [0.05, 0.1) is 32.1 Å². The van der Waals surface area contributed by atoms with Gasteiger partial charge in [-0.1, -0.05) is 12.1 Å². The first-order valence-corrected chi connectivity index (χ1v) is 6.43. The molecule has 1 aromatic rings. The van der Waals surface area contributed by atoms with Gasteiger partial charge in [-0.15, -0.1) is 0 Å². The summed E-state index contributed by atoms with van der Waals surface area (Å²) in [5.74, 6) is 1.15. The molecule has 0 saturated carbocycles. The highest BCUT2D eigenvalue weighted by Gasteiger charge is 2.24. The monoisotopic (exact) mass is 251 g/mol. The van der Waals surface area contributed by atoms with Crippen molar-refractivity contribution in [2.75, 3.05) is 32.2 Å². The maximum Gasteiger partial charge on any atom is 0.141 e. The van der Waals surface area contributed by atoms with Crippen LogP contribution in [0.25, 0.3) is 0 Å². The van der Waals surface area contributed by atoms with Crippen LogP contribution in [0, 0.1) is 5.92 Å². The van der Waals surface area contributed by atoms with Gasteiger partial charge in [0.25, 0.3) is 0 Å². The molecular weight excluding hydrogens is 230 g/mol. The van der Waals surface area contributed by atoms with Crippen LogP contribution in [0.15, 0.2) is 24.3 Å². The third kappa shape index (κ3) is 3.15. The smallest absolute Gasteiger partial charge is 0.141 e. The quantitative estimate of drug-likeness (QED) is 0.839. The van der Waals surface area contributed by atoms with Crippen molar-refractivity contribution >= 4 is 5.69 Å². The second kappa shape index (κ2) is 6.61. The topological polar surface area (TPSA) is 50.7 Å². The molecule has 1 aromatic carbocycles. The standard InChI is InChI=1S/C14H21NO3/c1-17-14-7-3-2-6-12(14)15-13(9-16)11-5-4-8-18-10-11/h2-3,6-7,11,13,15-16H,4-5,8-10H2,1H3. The van der Waals surface area contributed by atoms with E-state index in [-0.39, 0.29) is 12.6 Å². The number of benzene rings is 1. The summed E-state index contributed by atoms with van der Waals surface area (Å²) in [4.78, 5) is 0. The Hall–Kier alpha value is -1.26. The molecule has 1 aliphatic heterocycles. The molecule has 100 valence electrons. The predicted molar refractivity (Wildman–Crippen MR) is 71.0 cm³/mol. The summed E-state index contributed by atoms with van der Waals surface area (Å²) >= 11 is 0. The van der Waals surface area contributed by atoms with Crippen molar-refractivity contribution in [3.63, 3.8) is 0 Å². The molecule has 0 aromatic heterocycles. The van der Waals surface area contributed by atoms with Gasteiger partial charge in [-0.05, 0) is 25.0 Å². The summed E-state index contributed by atoms with van der Waals surface area (Å²) < 4.78 is 10.8. The van der Waals surface area contributed by atoms with Gasteiger partial charge in [0.2, 0.25) is 0 Å². The number of nitrogens with one attached hydrogen (secondary N) is 1. The van der Waals surface area contributed by atoms with Crippen molar-refractivity contribution in [3.8, 4) is 5.75 Å². The van der Waals surface area contributed by atoms with Crippen molar-refractivity contribution in [2.24, 2.45) is 5.92 Å². The molecule has 1 saturated heterocycles. The molecule has 4 heteroatoms. The average Bonchev–Trinajstić information content (AvgIpc) is 2.46. The molecule has 0 aliphatic carbocycles. The van der Waals surface area contributed by atoms with Crippen LogP contribution >= 0.6 is 0 Å². The van der Waals surface area contributed by atoms with Crippen molar-refractivity contribution in [1.82, 2.24) is 0 Å². The lowest BCUT2D eigenvalue weighted by molar-refractivity contribution is 0.0391. The summed E-state index contributed by atoms with van der Waals surface area (Å²) in [5, 5.41) is 12.9. The highest BCUT2D eigenvalue weighted by Crippen LogP contribution is 2.27. The minimum absolute atomic E-state index is 0.0154. The van der Waals surface area contributed by atoms with Gasteiger partial charge in [-0.3, -0.25) is 0 Å². The van der Waals surface area contributed by atoms with Gasteiger partial charge < -0.3 is 19.9 Å². The number of para-hydroxylation sites is 2. The van der Waals surface area contributed by atoms with Crippen molar-refractivity contribution < 1.29 is 14.6 Å². The van der Waals surface area contributed by atoms with E-state index < -0.39 is 0 Å². The molecule has 0 radical (unpaired) electrons. The number of aliphatic hydroxyl groups excluding tert-OH is 1. The molecule has 2 atom stereocenters. The fourth-order valence-electron chi connectivity index (χ4n) is 2.36. The van der Waals surface area contributed by atoms with Crippen LogP contribution in [-0.2, 0) is 4.74 Å². The van der Waals surface area contributed by atoms with Crippen molar-refractivity contribution in [1.29, 1.82) is 0 Å². The van der Waals surface area contributed by atoms with E-state index in [1.54, 1.807) is 7.11 Å². The van der Waals surface area contributed by atoms with Crippen LogP contribution in [0.4, 0.5) is 5.69 Å². The first-order valence-electron chi connectivity index (χ1n) is 6.43. The zero-order valence-electron chi connectivity index (χ0n) is 10.8. The fraction of sp³-hybridized carbons (Fsp3) is 0.571. The Morgan fingerprint density at radius 3 is 3.00 bits per heavy atom. The minimum atomic E-state index is 0.0154. The van der Waals surface area contributed by atoms with E-state index in [0.717, 1.165) is 30.9 Å². The minimum Gasteiger partial charge on any atom is -0.495 e. The highest BCUT2D eigenvalue weighted by molar-refractivity contribution is 5.56. The molecule has 2 unspecified atom stereocenters. The molecule has 2 N–H and O–H groups in total. The van der Waals surface area contributed by atoms with E-state index in [1.165, 1.54) is 0 Å². The summed E-state index contributed by atoms with van der Waals surface area (Å²) in [6, 6.07) is 7.78. The van der Waals surface area contributed by atoms with Crippen LogP contribution in [0.3, 0.4) is 0 Å². The van der Waals surface area contributed by atoms with E-state index in [2.05, 4.69) is 5.32 Å². The van der Waals surface area contributed by atoms with Gasteiger partial charge >= 0.3 is 0 Å². The lowest BCUT2D eigenvalue weighted by Gasteiger charge is -2.30. The number of hydrogen-bond donors (Lipinski definition) is 2. The molecule has 0 bridgehead atoms. The zero-order chi connectivity index (χ0) is 12.8. The lowest BCUT2D eigenvalue weighted by Crippen LogP contribution is -2.37. The summed E-state index contributed by atoms with van der Waals surface area (Å²) in [6.45, 7) is 1.66. The second-order valence-electron chi connectivity index (χ2n) is 4.61. The second-order valence-corrected chi connectivity index (χ2v) is 4.61. The number of hydrogen-bond acceptors (Lipinski definition) is 4. The number of anilines is 1. The van der Waals surface area contributed by atoms with Crippen LogP contribution in [0.2, 0.25) is 0 Å².